The Morgan fingerprint density at radius 1 is 1.05 bits per heavy atom. The van der Waals surface area contributed by atoms with Crippen molar-refractivity contribution in [3.63, 3.8) is 0 Å². The van der Waals surface area contributed by atoms with Gasteiger partial charge in [-0.15, -0.1) is 0 Å². The molecule has 114 valence electrons. The van der Waals surface area contributed by atoms with Gasteiger partial charge in [-0.1, -0.05) is 19.1 Å². The Labute approximate surface area is 120 Å². The topological polar surface area (TPSA) is 73.9 Å². The summed E-state index contributed by atoms with van der Waals surface area (Å²) in [5, 5.41) is 9.70. The number of hydrogen-bond acceptors (Lipinski definition) is 5. The van der Waals surface area contributed by atoms with Crippen molar-refractivity contribution in [2.75, 3.05) is 33.0 Å². The molecule has 5 heteroatoms. The van der Waals surface area contributed by atoms with Crippen LogP contribution >= 0.6 is 0 Å². The van der Waals surface area contributed by atoms with E-state index in [1.54, 1.807) is 0 Å². The summed E-state index contributed by atoms with van der Waals surface area (Å²) in [6, 6.07) is 7.50. The lowest BCUT2D eigenvalue weighted by atomic mass is 10.2. The van der Waals surface area contributed by atoms with Gasteiger partial charge in [0.05, 0.1) is 19.8 Å². The molecule has 5 nitrogen and oxygen atoms in total. The van der Waals surface area contributed by atoms with Crippen LogP contribution in [0.5, 0.6) is 5.75 Å². The molecule has 0 heterocycles. The average Bonchev–Trinajstić information content (AvgIpc) is 2.49. The first-order chi connectivity index (χ1) is 9.76. The lowest BCUT2D eigenvalue weighted by molar-refractivity contribution is -0.0107. The molecule has 1 aromatic carbocycles. The monoisotopic (exact) mass is 283 g/mol. The average molecular weight is 283 g/mol. The van der Waals surface area contributed by atoms with E-state index in [9.17, 15) is 5.11 Å². The Balaban J connectivity index is 2.08. The first kappa shape index (κ1) is 16.9. The fraction of sp³-hybridized carbons (Fsp3) is 0.600. The van der Waals surface area contributed by atoms with E-state index in [1.807, 2.05) is 24.3 Å². The highest BCUT2D eigenvalue weighted by Crippen LogP contribution is 2.12. The summed E-state index contributed by atoms with van der Waals surface area (Å²) in [6.07, 6.45) is 0.356. The molecule has 0 saturated carbocycles. The molecule has 1 aromatic rings. The summed E-state index contributed by atoms with van der Waals surface area (Å²) < 4.78 is 16.0. The van der Waals surface area contributed by atoms with Crippen molar-refractivity contribution >= 4 is 0 Å². The lowest BCUT2D eigenvalue weighted by Crippen LogP contribution is -2.24. The van der Waals surface area contributed by atoms with Crippen molar-refractivity contribution in [3.8, 4) is 5.75 Å². The molecule has 0 fully saturated rings. The van der Waals surface area contributed by atoms with Crippen LogP contribution in [0.3, 0.4) is 0 Å². The largest absolute Gasteiger partial charge is 0.491 e. The lowest BCUT2D eigenvalue weighted by Gasteiger charge is -2.13. The van der Waals surface area contributed by atoms with Crippen molar-refractivity contribution in [2.24, 2.45) is 5.73 Å². The van der Waals surface area contributed by atoms with Crippen LogP contribution in [-0.2, 0) is 16.0 Å². The minimum atomic E-state index is -0.643. The van der Waals surface area contributed by atoms with Gasteiger partial charge in [-0.05, 0) is 24.1 Å². The number of hydrogen-bond donors (Lipinski definition) is 2. The Morgan fingerprint density at radius 3 is 2.40 bits per heavy atom. The van der Waals surface area contributed by atoms with E-state index in [4.69, 9.17) is 19.9 Å². The first-order valence-corrected chi connectivity index (χ1v) is 7.01. The molecule has 0 aromatic heterocycles. The molecular formula is C15H25NO4. The highest BCUT2D eigenvalue weighted by atomic mass is 16.5. The molecule has 0 radical (unpaired) electrons. The van der Waals surface area contributed by atoms with Crippen LogP contribution in [0.4, 0.5) is 0 Å². The summed E-state index contributed by atoms with van der Waals surface area (Å²) in [6.45, 7) is 4.81. The van der Waals surface area contributed by atoms with E-state index in [0.717, 1.165) is 18.6 Å². The molecule has 3 N–H and O–H groups in total. The Kier molecular flexibility index (Phi) is 8.98. The van der Waals surface area contributed by atoms with Gasteiger partial charge in [0, 0.05) is 13.2 Å². The summed E-state index contributed by atoms with van der Waals surface area (Å²) in [5.74, 6) is 0.715. The van der Waals surface area contributed by atoms with E-state index in [-0.39, 0.29) is 13.2 Å². The van der Waals surface area contributed by atoms with Crippen molar-refractivity contribution in [1.82, 2.24) is 0 Å². The number of ether oxygens (including phenoxy) is 3. The third-order valence-electron chi connectivity index (χ3n) is 2.63. The van der Waals surface area contributed by atoms with Gasteiger partial charge in [-0.3, -0.25) is 0 Å². The third kappa shape index (κ3) is 7.45. The summed E-state index contributed by atoms with van der Waals surface area (Å²) in [4.78, 5) is 0. The highest BCUT2D eigenvalue weighted by Gasteiger charge is 2.05. The molecule has 0 aliphatic heterocycles. The SMILES string of the molecule is CCCOCCOCC(O)COc1ccc(CN)cc1. The molecule has 1 unspecified atom stereocenters. The molecule has 0 bridgehead atoms. The van der Waals surface area contributed by atoms with Crippen molar-refractivity contribution in [1.29, 1.82) is 0 Å². The van der Waals surface area contributed by atoms with Crippen LogP contribution in [-0.4, -0.2) is 44.2 Å². The van der Waals surface area contributed by atoms with E-state index in [2.05, 4.69) is 6.92 Å². The summed E-state index contributed by atoms with van der Waals surface area (Å²) >= 11 is 0. The second-order valence-electron chi connectivity index (χ2n) is 4.50. The van der Waals surface area contributed by atoms with Gasteiger partial charge in [-0.25, -0.2) is 0 Å². The number of benzene rings is 1. The second-order valence-corrected chi connectivity index (χ2v) is 4.50. The van der Waals surface area contributed by atoms with Crippen LogP contribution in [0.2, 0.25) is 0 Å². The zero-order valence-electron chi connectivity index (χ0n) is 12.1. The van der Waals surface area contributed by atoms with Gasteiger partial charge in [0.25, 0.3) is 0 Å². The number of aliphatic hydroxyl groups is 1. The van der Waals surface area contributed by atoms with Crippen LogP contribution in [0.15, 0.2) is 24.3 Å². The molecule has 0 saturated heterocycles. The van der Waals surface area contributed by atoms with Gasteiger partial charge in [0.15, 0.2) is 0 Å². The maximum absolute atomic E-state index is 9.70. The van der Waals surface area contributed by atoms with Gasteiger partial charge in [0.2, 0.25) is 0 Å². The normalized spacial score (nSPS) is 12.3. The minimum Gasteiger partial charge on any atom is -0.491 e. The fourth-order valence-corrected chi connectivity index (χ4v) is 1.55. The van der Waals surface area contributed by atoms with Crippen LogP contribution in [0.25, 0.3) is 0 Å². The van der Waals surface area contributed by atoms with Crippen LogP contribution in [0, 0.1) is 0 Å². The van der Waals surface area contributed by atoms with E-state index in [0.29, 0.717) is 25.5 Å². The van der Waals surface area contributed by atoms with Crippen molar-refractivity contribution in [2.45, 2.75) is 26.0 Å². The van der Waals surface area contributed by atoms with E-state index < -0.39 is 6.10 Å². The Hall–Kier alpha value is -1.14. The maximum atomic E-state index is 9.70. The molecule has 1 rings (SSSR count). The smallest absolute Gasteiger partial charge is 0.119 e. The summed E-state index contributed by atoms with van der Waals surface area (Å²) in [5.41, 5.74) is 6.56. The Bertz CT molecular complexity index is 342. The van der Waals surface area contributed by atoms with Crippen molar-refractivity contribution in [3.05, 3.63) is 29.8 Å². The zero-order chi connectivity index (χ0) is 14.6. The number of rotatable bonds is 11. The van der Waals surface area contributed by atoms with Crippen molar-refractivity contribution < 1.29 is 19.3 Å². The van der Waals surface area contributed by atoms with Gasteiger partial charge in [0.1, 0.15) is 18.5 Å². The summed E-state index contributed by atoms with van der Waals surface area (Å²) in [7, 11) is 0. The quantitative estimate of drug-likeness (QED) is 0.599. The predicted octanol–water partition coefficient (Wildman–Crippen LogP) is 1.33. The Morgan fingerprint density at radius 2 is 1.75 bits per heavy atom. The zero-order valence-corrected chi connectivity index (χ0v) is 12.1. The third-order valence-corrected chi connectivity index (χ3v) is 2.63. The standard InChI is InChI=1S/C15H25NO4/c1-2-7-18-8-9-19-11-14(17)12-20-15-5-3-13(10-16)4-6-15/h3-6,14,17H,2,7-12,16H2,1H3. The van der Waals surface area contributed by atoms with Gasteiger partial charge >= 0.3 is 0 Å². The molecular weight excluding hydrogens is 258 g/mol. The minimum absolute atomic E-state index is 0.206. The number of nitrogens with two attached hydrogens (primary N) is 1. The molecule has 0 aliphatic carbocycles. The molecule has 0 amide bonds. The number of aliphatic hydroxyl groups excluding tert-OH is 1. The van der Waals surface area contributed by atoms with E-state index in [1.165, 1.54) is 0 Å². The molecule has 0 spiro atoms. The molecule has 20 heavy (non-hydrogen) atoms. The van der Waals surface area contributed by atoms with Crippen LogP contribution < -0.4 is 10.5 Å². The van der Waals surface area contributed by atoms with E-state index >= 15 is 0 Å². The van der Waals surface area contributed by atoms with Gasteiger partial charge in [-0.2, -0.15) is 0 Å². The van der Waals surface area contributed by atoms with Crippen LogP contribution in [0.1, 0.15) is 18.9 Å². The molecule has 1 atom stereocenters. The highest BCUT2D eigenvalue weighted by molar-refractivity contribution is 5.27. The predicted molar refractivity (Wildman–Crippen MR) is 77.8 cm³/mol. The fourth-order valence-electron chi connectivity index (χ4n) is 1.55. The first-order valence-electron chi connectivity index (χ1n) is 7.01. The van der Waals surface area contributed by atoms with Gasteiger partial charge < -0.3 is 25.1 Å². The second kappa shape index (κ2) is 10.6. The molecule has 0 aliphatic rings. The maximum Gasteiger partial charge on any atom is 0.119 e.